The van der Waals surface area contributed by atoms with Crippen molar-refractivity contribution in [3.8, 4) is 11.5 Å². The second-order valence-corrected chi connectivity index (χ2v) is 7.79. The van der Waals surface area contributed by atoms with Crippen LogP contribution in [0, 0.1) is 0 Å². The first-order chi connectivity index (χ1) is 16.5. The largest absolute Gasteiger partial charge is 0.503 e. The second kappa shape index (κ2) is 9.70. The van der Waals surface area contributed by atoms with Crippen molar-refractivity contribution in [1.82, 2.24) is 4.90 Å². The molecule has 1 N–H and O–H groups in total. The maximum atomic E-state index is 13.3. The zero-order valence-corrected chi connectivity index (χ0v) is 19.1. The van der Waals surface area contributed by atoms with Crippen LogP contribution in [0.1, 0.15) is 33.1 Å². The van der Waals surface area contributed by atoms with Crippen LogP contribution in [0.15, 0.2) is 78.6 Å². The van der Waals surface area contributed by atoms with Crippen LogP contribution in [-0.4, -0.2) is 43.2 Å². The summed E-state index contributed by atoms with van der Waals surface area (Å²) in [6, 6.07) is 20.9. The predicted octanol–water partition coefficient (Wildman–Crippen LogP) is 4.54. The van der Waals surface area contributed by atoms with E-state index in [1.165, 1.54) is 7.11 Å². The Morgan fingerprint density at radius 3 is 2.21 bits per heavy atom. The topological polar surface area (TPSA) is 85.3 Å². The number of benzene rings is 3. The first-order valence-electron chi connectivity index (χ1n) is 10.7. The van der Waals surface area contributed by atoms with Gasteiger partial charge >= 0.3 is 5.97 Å². The highest BCUT2D eigenvalue weighted by Crippen LogP contribution is 2.44. The molecule has 1 atom stereocenters. The highest BCUT2D eigenvalue weighted by atomic mass is 16.5. The molecule has 0 aliphatic carbocycles. The maximum Gasteiger partial charge on any atom is 0.337 e. The predicted molar refractivity (Wildman–Crippen MR) is 127 cm³/mol. The number of rotatable bonds is 7. The first-order valence-corrected chi connectivity index (χ1v) is 10.7. The minimum absolute atomic E-state index is 0.253. The number of aliphatic hydroxyl groups is 1. The van der Waals surface area contributed by atoms with Gasteiger partial charge in [-0.15, -0.1) is 0 Å². The number of hydrogen-bond donors (Lipinski definition) is 1. The fourth-order valence-corrected chi connectivity index (χ4v) is 4.12. The van der Waals surface area contributed by atoms with E-state index in [1.54, 1.807) is 55.5 Å². The van der Waals surface area contributed by atoms with Gasteiger partial charge in [-0.2, -0.15) is 0 Å². The SMILES string of the molecule is COC(=O)c1ccc([C@H]2C(c3ccc(OC)cc3)=C(O)C(=O)N2Cc2cccc(OC)c2)cc1. The molecule has 0 saturated carbocycles. The lowest BCUT2D eigenvalue weighted by Crippen LogP contribution is -2.29. The van der Waals surface area contributed by atoms with E-state index in [-0.39, 0.29) is 12.3 Å². The van der Waals surface area contributed by atoms with Crippen LogP contribution in [0.5, 0.6) is 11.5 Å². The van der Waals surface area contributed by atoms with E-state index in [2.05, 4.69) is 0 Å². The van der Waals surface area contributed by atoms with Gasteiger partial charge < -0.3 is 24.2 Å². The summed E-state index contributed by atoms with van der Waals surface area (Å²) in [6.07, 6.45) is 0. The number of methoxy groups -OCH3 is 3. The quantitative estimate of drug-likeness (QED) is 0.522. The Hall–Kier alpha value is -4.26. The molecule has 1 heterocycles. The zero-order chi connectivity index (χ0) is 24.2. The van der Waals surface area contributed by atoms with Gasteiger partial charge in [0.15, 0.2) is 5.76 Å². The van der Waals surface area contributed by atoms with E-state index in [0.717, 1.165) is 11.1 Å². The molecular formula is C27H25NO6. The molecule has 1 amide bonds. The number of amides is 1. The van der Waals surface area contributed by atoms with Gasteiger partial charge in [-0.1, -0.05) is 36.4 Å². The molecule has 0 fully saturated rings. The lowest BCUT2D eigenvalue weighted by atomic mass is 9.92. The van der Waals surface area contributed by atoms with Gasteiger partial charge in [0.2, 0.25) is 0 Å². The first kappa shape index (κ1) is 22.9. The Labute approximate surface area is 197 Å². The average Bonchev–Trinajstić information content (AvgIpc) is 3.13. The lowest BCUT2D eigenvalue weighted by Gasteiger charge is -2.28. The van der Waals surface area contributed by atoms with Gasteiger partial charge in [-0.3, -0.25) is 4.79 Å². The summed E-state index contributed by atoms with van der Waals surface area (Å²) in [4.78, 5) is 26.8. The molecule has 3 aromatic rings. The van der Waals surface area contributed by atoms with Crippen LogP contribution < -0.4 is 9.47 Å². The van der Waals surface area contributed by atoms with Gasteiger partial charge in [-0.25, -0.2) is 4.79 Å². The molecule has 4 rings (SSSR count). The number of ether oxygens (including phenoxy) is 3. The van der Waals surface area contributed by atoms with E-state index >= 15 is 0 Å². The Morgan fingerprint density at radius 2 is 1.59 bits per heavy atom. The Morgan fingerprint density at radius 1 is 0.912 bits per heavy atom. The third-order valence-electron chi connectivity index (χ3n) is 5.84. The molecule has 7 nitrogen and oxygen atoms in total. The van der Waals surface area contributed by atoms with E-state index in [0.29, 0.717) is 28.2 Å². The normalized spacial score (nSPS) is 15.4. The lowest BCUT2D eigenvalue weighted by molar-refractivity contribution is -0.130. The standard InChI is InChI=1S/C27H25NO6/c1-32-21-13-11-18(12-14-21)23-24(19-7-9-20(10-8-19)27(31)34-3)28(26(30)25(23)29)16-17-5-4-6-22(15-17)33-2/h4-15,24,29H,16H2,1-3H3/t24-/m0/s1. The molecule has 0 radical (unpaired) electrons. The van der Waals surface area contributed by atoms with Crippen LogP contribution in [-0.2, 0) is 16.1 Å². The van der Waals surface area contributed by atoms with Gasteiger partial charge in [0, 0.05) is 12.1 Å². The molecule has 3 aromatic carbocycles. The summed E-state index contributed by atoms with van der Waals surface area (Å²) in [5.41, 5.74) is 3.18. The summed E-state index contributed by atoms with van der Waals surface area (Å²) in [6.45, 7) is 0.253. The van der Waals surface area contributed by atoms with E-state index in [1.807, 2.05) is 36.4 Å². The fourth-order valence-electron chi connectivity index (χ4n) is 4.12. The average molecular weight is 459 g/mol. The van der Waals surface area contributed by atoms with Crippen LogP contribution in [0.4, 0.5) is 0 Å². The molecular weight excluding hydrogens is 434 g/mol. The molecule has 0 unspecified atom stereocenters. The monoisotopic (exact) mass is 459 g/mol. The summed E-state index contributed by atoms with van der Waals surface area (Å²) < 4.78 is 15.4. The summed E-state index contributed by atoms with van der Waals surface area (Å²) in [5.74, 6) is 0.109. The molecule has 1 aliphatic rings. The number of aliphatic hydroxyl groups excluding tert-OH is 1. The molecule has 1 aliphatic heterocycles. The van der Waals surface area contributed by atoms with E-state index in [4.69, 9.17) is 14.2 Å². The molecule has 0 spiro atoms. The van der Waals surface area contributed by atoms with Gasteiger partial charge in [0.05, 0.1) is 32.9 Å². The highest BCUT2D eigenvalue weighted by molar-refractivity contribution is 6.05. The van der Waals surface area contributed by atoms with Crippen molar-refractivity contribution >= 4 is 17.4 Å². The van der Waals surface area contributed by atoms with E-state index < -0.39 is 17.9 Å². The number of carbonyl (C=O) groups excluding carboxylic acids is 2. The molecule has 0 saturated heterocycles. The van der Waals surface area contributed by atoms with Crippen molar-refractivity contribution in [3.05, 3.63) is 101 Å². The van der Waals surface area contributed by atoms with E-state index in [9.17, 15) is 14.7 Å². The Kier molecular flexibility index (Phi) is 6.54. The smallest absolute Gasteiger partial charge is 0.337 e. The molecule has 34 heavy (non-hydrogen) atoms. The van der Waals surface area contributed by atoms with Gasteiger partial charge in [-0.05, 0) is 53.1 Å². The molecule has 174 valence electrons. The minimum Gasteiger partial charge on any atom is -0.503 e. The summed E-state index contributed by atoms with van der Waals surface area (Å²) in [5, 5.41) is 11.0. The highest BCUT2D eigenvalue weighted by Gasteiger charge is 2.41. The summed E-state index contributed by atoms with van der Waals surface area (Å²) in [7, 11) is 4.48. The number of nitrogens with zero attached hydrogens (tertiary/aromatic N) is 1. The van der Waals surface area contributed by atoms with Crippen LogP contribution in [0.3, 0.4) is 0 Å². The van der Waals surface area contributed by atoms with Crippen LogP contribution in [0.25, 0.3) is 5.57 Å². The molecule has 0 aromatic heterocycles. The minimum atomic E-state index is -0.571. The fraction of sp³-hybridized carbons (Fsp3) is 0.185. The van der Waals surface area contributed by atoms with Gasteiger partial charge in [0.1, 0.15) is 11.5 Å². The Balaban J connectivity index is 1.78. The maximum absolute atomic E-state index is 13.3. The van der Waals surface area contributed by atoms with Crippen LogP contribution >= 0.6 is 0 Å². The molecule has 7 heteroatoms. The van der Waals surface area contributed by atoms with Crippen molar-refractivity contribution < 1.29 is 28.9 Å². The van der Waals surface area contributed by atoms with Gasteiger partial charge in [0.25, 0.3) is 5.91 Å². The van der Waals surface area contributed by atoms with Crippen molar-refractivity contribution in [2.75, 3.05) is 21.3 Å². The third-order valence-corrected chi connectivity index (χ3v) is 5.84. The van der Waals surface area contributed by atoms with Crippen LogP contribution in [0.2, 0.25) is 0 Å². The second-order valence-electron chi connectivity index (χ2n) is 7.79. The van der Waals surface area contributed by atoms with Crippen molar-refractivity contribution in [2.24, 2.45) is 0 Å². The summed E-state index contributed by atoms with van der Waals surface area (Å²) >= 11 is 0. The van der Waals surface area contributed by atoms with Crippen molar-refractivity contribution in [1.29, 1.82) is 0 Å². The number of carbonyl (C=O) groups is 2. The Bertz CT molecular complexity index is 1230. The molecule has 0 bridgehead atoms. The number of esters is 1. The third kappa shape index (κ3) is 4.32. The van der Waals surface area contributed by atoms with Crippen molar-refractivity contribution in [2.45, 2.75) is 12.6 Å². The van der Waals surface area contributed by atoms with Crippen molar-refractivity contribution in [3.63, 3.8) is 0 Å². The number of hydrogen-bond acceptors (Lipinski definition) is 6. The zero-order valence-electron chi connectivity index (χ0n) is 19.1.